The van der Waals surface area contributed by atoms with Crippen LogP contribution in [0.3, 0.4) is 0 Å². The fourth-order valence-electron chi connectivity index (χ4n) is 2.80. The summed E-state index contributed by atoms with van der Waals surface area (Å²) in [6.45, 7) is 10.9. The molecule has 0 aromatic carbocycles. The first-order chi connectivity index (χ1) is 10.9. The van der Waals surface area contributed by atoms with Crippen LogP contribution in [-0.4, -0.2) is 11.5 Å². The molecule has 0 heterocycles. The lowest BCUT2D eigenvalue weighted by Gasteiger charge is -2.32. The summed E-state index contributed by atoms with van der Waals surface area (Å²) >= 11 is 0. The molecule has 0 unspecified atom stereocenters. The zero-order valence-electron chi connectivity index (χ0n) is 15.1. The molecule has 0 bridgehead atoms. The number of allylic oxidation sites excluding steroid dienone is 10. The van der Waals surface area contributed by atoms with E-state index in [1.165, 1.54) is 36.0 Å². The van der Waals surface area contributed by atoms with Crippen LogP contribution in [0.1, 0.15) is 53.9 Å². The molecule has 0 radical (unpaired) electrons. The second kappa shape index (κ2) is 10.9. The van der Waals surface area contributed by atoms with Gasteiger partial charge >= 0.3 is 0 Å². The normalized spacial score (nSPS) is 19.1. The molecule has 1 aliphatic carbocycles. The number of aldehydes is 1. The van der Waals surface area contributed by atoms with Crippen molar-refractivity contribution < 1.29 is 10.0 Å². The molecule has 1 aliphatic rings. The Kier molecular flexibility index (Phi) is 10.1. The molecular weight excluding hydrogens is 286 g/mol. The van der Waals surface area contributed by atoms with E-state index in [1.54, 1.807) is 6.08 Å². The van der Waals surface area contributed by atoms with Gasteiger partial charge in [0, 0.05) is 0 Å². The predicted molar refractivity (Wildman–Crippen MR) is 98.2 cm³/mol. The van der Waals surface area contributed by atoms with Crippen LogP contribution in [0, 0.1) is 5.41 Å². The number of carbonyl (C=O) groups excluding carboxylic acids is 1. The zero-order chi connectivity index (χ0) is 17.9. The van der Waals surface area contributed by atoms with Crippen LogP contribution < -0.4 is 5.90 Å². The van der Waals surface area contributed by atoms with Crippen molar-refractivity contribution in [3.8, 4) is 0 Å². The van der Waals surface area contributed by atoms with Crippen molar-refractivity contribution >= 4 is 6.29 Å². The number of nitrogens with two attached hydrogens (primary N) is 1. The van der Waals surface area contributed by atoms with Crippen LogP contribution in [-0.2, 0) is 4.79 Å². The molecule has 0 aliphatic heterocycles. The second-order valence-corrected chi connectivity index (χ2v) is 6.58. The summed E-state index contributed by atoms with van der Waals surface area (Å²) in [6.07, 6.45) is 16.6. The molecule has 0 fully saturated rings. The average Bonchev–Trinajstić information content (AvgIpc) is 2.48. The van der Waals surface area contributed by atoms with E-state index in [0.717, 1.165) is 11.9 Å². The standard InChI is InChI=1S/C20H28O.H3NO/c1-16(8-6-9-17(2)13-15-21)11-12-19-18(3)10-7-14-20(19,4)5;1-2/h6,8-9,11-13,15H,7,10,14H2,1-5H3;2H,1H2/b9-6+,12-11+,16-8+,17-13+;. The molecule has 3 nitrogen and oxygen atoms in total. The van der Waals surface area contributed by atoms with Crippen molar-refractivity contribution in [3.63, 3.8) is 0 Å². The molecule has 23 heavy (non-hydrogen) atoms. The van der Waals surface area contributed by atoms with Gasteiger partial charge in [0.15, 0.2) is 0 Å². The van der Waals surface area contributed by atoms with Crippen LogP contribution in [0.5, 0.6) is 0 Å². The highest BCUT2D eigenvalue weighted by atomic mass is 16.4. The van der Waals surface area contributed by atoms with Crippen molar-refractivity contribution in [1.82, 2.24) is 0 Å². The van der Waals surface area contributed by atoms with E-state index in [4.69, 9.17) is 5.21 Å². The van der Waals surface area contributed by atoms with Gasteiger partial charge in [-0.1, -0.05) is 55.4 Å². The Morgan fingerprint density at radius 3 is 2.30 bits per heavy atom. The Balaban J connectivity index is 0.00000232. The van der Waals surface area contributed by atoms with Crippen LogP contribution in [0.25, 0.3) is 0 Å². The maximum Gasteiger partial charge on any atom is 0.143 e. The van der Waals surface area contributed by atoms with Gasteiger partial charge in [-0.3, -0.25) is 4.79 Å². The average molecular weight is 317 g/mol. The van der Waals surface area contributed by atoms with Gasteiger partial charge in [0.2, 0.25) is 0 Å². The van der Waals surface area contributed by atoms with Crippen molar-refractivity contribution in [1.29, 1.82) is 0 Å². The van der Waals surface area contributed by atoms with E-state index >= 15 is 0 Å². The maximum atomic E-state index is 10.3. The molecule has 128 valence electrons. The van der Waals surface area contributed by atoms with Crippen molar-refractivity contribution in [2.75, 3.05) is 0 Å². The molecule has 1 rings (SSSR count). The van der Waals surface area contributed by atoms with Gasteiger partial charge in [0.05, 0.1) is 0 Å². The molecule has 3 heteroatoms. The lowest BCUT2D eigenvalue weighted by atomic mass is 9.72. The molecule has 0 amide bonds. The lowest BCUT2D eigenvalue weighted by Crippen LogP contribution is -2.19. The third-order valence-corrected chi connectivity index (χ3v) is 4.10. The van der Waals surface area contributed by atoms with E-state index < -0.39 is 0 Å². The minimum atomic E-state index is 0.290. The van der Waals surface area contributed by atoms with Gasteiger partial charge in [-0.2, -0.15) is 0 Å². The first-order valence-corrected chi connectivity index (χ1v) is 7.98. The highest BCUT2D eigenvalue weighted by Gasteiger charge is 2.26. The summed E-state index contributed by atoms with van der Waals surface area (Å²) in [5.41, 5.74) is 5.48. The Morgan fingerprint density at radius 2 is 1.74 bits per heavy atom. The fourth-order valence-corrected chi connectivity index (χ4v) is 2.80. The summed E-state index contributed by atoms with van der Waals surface area (Å²) in [4.78, 5) is 10.3. The quantitative estimate of drug-likeness (QED) is 0.323. The molecule has 0 spiro atoms. The first kappa shape index (κ1) is 21.3. The lowest BCUT2D eigenvalue weighted by molar-refractivity contribution is -0.104. The van der Waals surface area contributed by atoms with Crippen LogP contribution in [0.2, 0.25) is 0 Å². The minimum Gasteiger partial charge on any atom is -0.320 e. The molecule has 0 aromatic heterocycles. The second-order valence-electron chi connectivity index (χ2n) is 6.58. The van der Waals surface area contributed by atoms with E-state index in [0.29, 0.717) is 0 Å². The third-order valence-electron chi connectivity index (χ3n) is 4.10. The van der Waals surface area contributed by atoms with Crippen molar-refractivity contribution in [3.05, 3.63) is 58.7 Å². The Bertz CT molecular complexity index is 532. The molecule has 3 N–H and O–H groups in total. The number of rotatable bonds is 5. The van der Waals surface area contributed by atoms with Gasteiger partial charge in [0.25, 0.3) is 0 Å². The Hall–Kier alpha value is -1.71. The zero-order valence-corrected chi connectivity index (χ0v) is 15.1. The third kappa shape index (κ3) is 7.91. The molecule has 0 aromatic rings. The fraction of sp³-hybridized carbons (Fsp3) is 0.450. The van der Waals surface area contributed by atoms with Gasteiger partial charge < -0.3 is 5.21 Å². The molecule has 0 atom stereocenters. The van der Waals surface area contributed by atoms with Gasteiger partial charge in [-0.15, -0.1) is 0 Å². The monoisotopic (exact) mass is 317 g/mol. The maximum absolute atomic E-state index is 10.3. The smallest absolute Gasteiger partial charge is 0.143 e. The summed E-state index contributed by atoms with van der Waals surface area (Å²) < 4.78 is 0. The van der Waals surface area contributed by atoms with E-state index in [-0.39, 0.29) is 5.41 Å². The predicted octanol–water partition coefficient (Wildman–Crippen LogP) is 5.05. The van der Waals surface area contributed by atoms with E-state index in [9.17, 15) is 4.79 Å². The number of hydrogen-bond donors (Lipinski definition) is 2. The number of hydrogen-bond acceptors (Lipinski definition) is 3. The van der Waals surface area contributed by atoms with Crippen molar-refractivity contribution in [2.45, 2.75) is 53.9 Å². The summed E-state index contributed by atoms with van der Waals surface area (Å²) in [5, 5.41) is 6.50. The largest absolute Gasteiger partial charge is 0.320 e. The Morgan fingerprint density at radius 1 is 1.13 bits per heavy atom. The van der Waals surface area contributed by atoms with Crippen LogP contribution in [0.4, 0.5) is 0 Å². The van der Waals surface area contributed by atoms with Gasteiger partial charge in [-0.05, 0) is 62.7 Å². The summed E-state index contributed by atoms with van der Waals surface area (Å²) in [5.74, 6) is 3.50. The topological polar surface area (TPSA) is 63.3 Å². The van der Waals surface area contributed by atoms with Crippen molar-refractivity contribution in [2.24, 2.45) is 11.3 Å². The van der Waals surface area contributed by atoms with Gasteiger partial charge in [-0.25, -0.2) is 5.90 Å². The molecular formula is C20H31NO2. The summed E-state index contributed by atoms with van der Waals surface area (Å²) in [6, 6.07) is 0. The minimum absolute atomic E-state index is 0.290. The van der Waals surface area contributed by atoms with E-state index in [1.807, 2.05) is 19.1 Å². The highest BCUT2D eigenvalue weighted by Crippen LogP contribution is 2.40. The van der Waals surface area contributed by atoms with E-state index in [2.05, 4.69) is 51.8 Å². The highest BCUT2D eigenvalue weighted by molar-refractivity contribution is 5.66. The SMILES string of the molecule is CC1=C(/C=C/C(C)=C/C=C/C(C)=C/C=O)C(C)(C)CCC1.NO. The summed E-state index contributed by atoms with van der Waals surface area (Å²) in [7, 11) is 0. The first-order valence-electron chi connectivity index (χ1n) is 7.98. The molecule has 0 saturated heterocycles. The van der Waals surface area contributed by atoms with Gasteiger partial charge in [0.1, 0.15) is 6.29 Å². The van der Waals surface area contributed by atoms with Crippen LogP contribution in [0.15, 0.2) is 58.7 Å². The number of carbonyl (C=O) groups is 1. The molecule has 0 saturated carbocycles. The Labute approximate surface area is 140 Å². The van der Waals surface area contributed by atoms with Crippen LogP contribution >= 0.6 is 0 Å².